The number of nitrogens with two attached hydrogens (primary N) is 2. The van der Waals surface area contributed by atoms with E-state index in [1.165, 1.54) is 0 Å². The van der Waals surface area contributed by atoms with Gasteiger partial charge in [0.2, 0.25) is 0 Å². The van der Waals surface area contributed by atoms with E-state index in [2.05, 4.69) is 0 Å². The van der Waals surface area contributed by atoms with E-state index >= 15 is 8.78 Å². The molecule has 4 rings (SSSR count). The molecule has 2 unspecified atom stereocenters. The van der Waals surface area contributed by atoms with Gasteiger partial charge in [-0.05, 0) is 6.92 Å². The van der Waals surface area contributed by atoms with E-state index in [4.69, 9.17) is 27.3 Å². The molecule has 4 N–H and O–H groups in total. The van der Waals surface area contributed by atoms with Gasteiger partial charge in [0.25, 0.3) is 0 Å². The van der Waals surface area contributed by atoms with Crippen LogP contribution in [0, 0.1) is 97.8 Å². The van der Waals surface area contributed by atoms with Gasteiger partial charge in [0, 0.05) is 16.7 Å². The first kappa shape index (κ1) is 33.7. The standard InChI is InChI=1S/C29H8F12N6/c1-29(41)15(25(39)20(34)9(5-45)28(29)40)6(2-42)10-11(26(46)13-21(35)16(30)7(3-43)17(31)22(13)36)12(10)27(47)14-23(37)18(32)8(4-44)19(33)24(14)38/h15H,46-47H2,1H3. The van der Waals surface area contributed by atoms with Crippen LogP contribution in [0.2, 0.25) is 0 Å². The number of alkyl halides is 1. The maximum absolute atomic E-state index is 15.7. The molecule has 0 radical (unpaired) electrons. The molecular formula is C29H8F12N6. The summed E-state index contributed by atoms with van der Waals surface area (Å²) >= 11 is 0. The molecule has 6 nitrogen and oxygen atoms in total. The van der Waals surface area contributed by atoms with E-state index in [1.54, 1.807) is 0 Å². The summed E-state index contributed by atoms with van der Waals surface area (Å²) in [5.74, 6) is -29.0. The minimum atomic E-state index is -3.85. The van der Waals surface area contributed by atoms with Gasteiger partial charge in [0.05, 0.1) is 40.1 Å². The van der Waals surface area contributed by atoms with Crippen LogP contribution in [0.5, 0.6) is 0 Å². The monoisotopic (exact) mass is 668 g/mol. The second-order valence-electron chi connectivity index (χ2n) is 9.68. The first-order valence-electron chi connectivity index (χ1n) is 12.1. The Bertz CT molecular complexity index is 2030. The van der Waals surface area contributed by atoms with Crippen molar-refractivity contribution in [3.63, 3.8) is 0 Å². The molecule has 0 heterocycles. The Morgan fingerprint density at radius 2 is 0.957 bits per heavy atom. The maximum Gasteiger partial charge on any atom is 0.180 e. The highest BCUT2D eigenvalue weighted by molar-refractivity contribution is 6.01. The van der Waals surface area contributed by atoms with Crippen LogP contribution in [0.25, 0.3) is 11.4 Å². The number of nitrogens with zero attached hydrogens (tertiary/aromatic N) is 4. The molecule has 2 aliphatic carbocycles. The zero-order valence-electron chi connectivity index (χ0n) is 22.6. The molecule has 0 aliphatic heterocycles. The lowest BCUT2D eigenvalue weighted by Gasteiger charge is -2.31. The number of rotatable bonds is 3. The van der Waals surface area contributed by atoms with E-state index in [0.717, 1.165) is 24.3 Å². The zero-order chi connectivity index (χ0) is 35.6. The number of allylic oxidation sites excluding steroid dienone is 8. The van der Waals surface area contributed by atoms with Crippen LogP contribution in [-0.4, -0.2) is 5.67 Å². The van der Waals surface area contributed by atoms with Crippen molar-refractivity contribution in [3.8, 4) is 24.3 Å². The van der Waals surface area contributed by atoms with Crippen molar-refractivity contribution < 1.29 is 52.7 Å². The zero-order valence-corrected chi connectivity index (χ0v) is 22.6. The van der Waals surface area contributed by atoms with Gasteiger partial charge in [-0.25, -0.2) is 52.7 Å². The summed E-state index contributed by atoms with van der Waals surface area (Å²) in [6.07, 6.45) is 0. The Hall–Kier alpha value is -6.14. The van der Waals surface area contributed by atoms with Gasteiger partial charge >= 0.3 is 0 Å². The average molecular weight is 668 g/mol. The van der Waals surface area contributed by atoms with Crippen LogP contribution in [0.1, 0.15) is 29.2 Å². The lowest BCUT2D eigenvalue weighted by Crippen LogP contribution is -2.36. The lowest BCUT2D eigenvalue weighted by atomic mass is 9.77. The van der Waals surface area contributed by atoms with E-state index in [1.807, 2.05) is 0 Å². The molecular weight excluding hydrogens is 660 g/mol. The molecule has 0 spiro atoms. The Labute approximate surface area is 253 Å². The molecule has 1 saturated carbocycles. The summed E-state index contributed by atoms with van der Waals surface area (Å²) < 4.78 is 178. The molecule has 47 heavy (non-hydrogen) atoms. The van der Waals surface area contributed by atoms with Crippen molar-refractivity contribution in [2.45, 2.75) is 12.6 Å². The second-order valence-corrected chi connectivity index (χ2v) is 9.68. The smallest absolute Gasteiger partial charge is 0.180 e. The van der Waals surface area contributed by atoms with Gasteiger partial charge in [-0.1, -0.05) is 0 Å². The molecule has 0 bridgehead atoms. The van der Waals surface area contributed by atoms with Gasteiger partial charge in [-0.3, -0.25) is 0 Å². The number of halogens is 12. The summed E-state index contributed by atoms with van der Waals surface area (Å²) in [6.45, 7) is 0.200. The van der Waals surface area contributed by atoms with Gasteiger partial charge in [0.1, 0.15) is 40.7 Å². The second kappa shape index (κ2) is 11.3. The molecule has 238 valence electrons. The Morgan fingerprint density at radius 1 is 0.596 bits per heavy atom. The molecule has 18 heteroatoms. The van der Waals surface area contributed by atoms with Crippen LogP contribution < -0.4 is 11.5 Å². The van der Waals surface area contributed by atoms with Gasteiger partial charge < -0.3 is 11.5 Å². The number of benzene rings is 2. The fourth-order valence-electron chi connectivity index (χ4n) is 4.89. The number of hydrogen-bond donors (Lipinski definition) is 2. The Morgan fingerprint density at radius 3 is 1.26 bits per heavy atom. The molecule has 0 aromatic heterocycles. The summed E-state index contributed by atoms with van der Waals surface area (Å²) in [5.41, 5.74) is -10.0. The lowest BCUT2D eigenvalue weighted by molar-refractivity contribution is 0.132. The quantitative estimate of drug-likeness (QED) is 0.212. The fourth-order valence-corrected chi connectivity index (χ4v) is 4.89. The summed E-state index contributed by atoms with van der Waals surface area (Å²) in [5, 5.41) is 36.5. The SMILES string of the molecule is CC1(F)C(F)=C(C#N)C(F)=C(F)C1C(C#N)=C1C(=C(N)c2c(F)c(F)c(C#N)c(F)c2F)C1=C(N)c1c(F)c(F)c(C#N)c(F)c1F. The third-order valence-corrected chi connectivity index (χ3v) is 7.18. The molecule has 0 saturated heterocycles. The predicted octanol–water partition coefficient (Wildman–Crippen LogP) is 6.67. The van der Waals surface area contributed by atoms with E-state index in [9.17, 15) is 49.2 Å². The van der Waals surface area contributed by atoms with Crippen molar-refractivity contribution in [1.29, 1.82) is 21.0 Å². The van der Waals surface area contributed by atoms with Crippen LogP contribution in [0.15, 0.2) is 45.3 Å². The Kier molecular flexibility index (Phi) is 8.14. The van der Waals surface area contributed by atoms with E-state index in [-0.39, 0.29) is 6.92 Å². The van der Waals surface area contributed by atoms with Crippen LogP contribution in [0.4, 0.5) is 52.7 Å². The van der Waals surface area contributed by atoms with Crippen molar-refractivity contribution >= 4 is 11.4 Å². The first-order valence-corrected chi connectivity index (χ1v) is 12.1. The first-order chi connectivity index (χ1) is 21.9. The molecule has 0 amide bonds. The van der Waals surface area contributed by atoms with Crippen LogP contribution in [0.3, 0.4) is 0 Å². The number of hydrogen-bond acceptors (Lipinski definition) is 6. The van der Waals surface area contributed by atoms with Crippen molar-refractivity contribution in [2.24, 2.45) is 17.4 Å². The molecule has 2 aromatic rings. The Balaban J connectivity index is 2.25. The molecule has 2 aromatic carbocycles. The summed E-state index contributed by atoms with van der Waals surface area (Å²) in [7, 11) is 0. The predicted molar refractivity (Wildman–Crippen MR) is 133 cm³/mol. The highest BCUT2D eigenvalue weighted by Crippen LogP contribution is 2.58. The fraction of sp³-hybridized carbons (Fsp3) is 0.103. The van der Waals surface area contributed by atoms with Gasteiger partial charge in [-0.2, -0.15) is 21.0 Å². The average Bonchev–Trinajstić information content (AvgIpc) is 3.77. The normalized spacial score (nSPS) is 21.1. The largest absolute Gasteiger partial charge is 0.398 e. The van der Waals surface area contributed by atoms with Gasteiger partial charge in [-0.15, -0.1) is 0 Å². The van der Waals surface area contributed by atoms with Crippen LogP contribution >= 0.6 is 0 Å². The molecule has 2 aliphatic rings. The molecule has 1 fully saturated rings. The highest BCUT2D eigenvalue weighted by atomic mass is 19.2. The number of nitriles is 4. The van der Waals surface area contributed by atoms with Crippen molar-refractivity contribution in [2.75, 3.05) is 0 Å². The van der Waals surface area contributed by atoms with E-state index in [0.29, 0.717) is 0 Å². The van der Waals surface area contributed by atoms with Gasteiger partial charge in [0.15, 0.2) is 63.9 Å². The van der Waals surface area contributed by atoms with E-state index < -0.39 is 137 Å². The topological polar surface area (TPSA) is 147 Å². The molecule has 2 atom stereocenters. The third kappa shape index (κ3) is 4.57. The summed E-state index contributed by atoms with van der Waals surface area (Å²) in [4.78, 5) is 0. The minimum Gasteiger partial charge on any atom is -0.398 e. The maximum atomic E-state index is 15.7. The van der Waals surface area contributed by atoms with Crippen molar-refractivity contribution in [3.05, 3.63) is 114 Å². The summed E-state index contributed by atoms with van der Waals surface area (Å²) in [6, 6.07) is 3.58. The van der Waals surface area contributed by atoms with Crippen molar-refractivity contribution in [1.82, 2.24) is 0 Å². The minimum absolute atomic E-state index is 0.200. The highest BCUT2D eigenvalue weighted by Gasteiger charge is 2.55. The van der Waals surface area contributed by atoms with Crippen LogP contribution in [-0.2, 0) is 0 Å². The third-order valence-electron chi connectivity index (χ3n) is 7.18.